The lowest BCUT2D eigenvalue weighted by molar-refractivity contribution is -0.384. The van der Waals surface area contributed by atoms with Gasteiger partial charge in [-0.05, 0) is 5.56 Å². The molecule has 0 saturated carbocycles. The Kier molecular flexibility index (Phi) is 5.07. The number of nitrogens with zero attached hydrogens (tertiary/aromatic N) is 5. The minimum absolute atomic E-state index is 0.000433. The third kappa shape index (κ3) is 3.49. The summed E-state index contributed by atoms with van der Waals surface area (Å²) in [7, 11) is 0. The highest BCUT2D eigenvalue weighted by Crippen LogP contribution is 2.32. The molecule has 2 aromatic heterocycles. The number of benzene rings is 1. The second kappa shape index (κ2) is 7.67. The van der Waals surface area contributed by atoms with Crippen LogP contribution < -0.4 is 11.1 Å². The molecule has 1 aliphatic heterocycles. The molecular weight excluding hydrogens is 382 g/mol. The van der Waals surface area contributed by atoms with Crippen molar-refractivity contribution in [3.05, 3.63) is 52.6 Å². The van der Waals surface area contributed by atoms with Crippen molar-refractivity contribution in [1.82, 2.24) is 24.8 Å². The molecule has 0 aliphatic carbocycles. The maximum absolute atomic E-state index is 10.8. The minimum Gasteiger partial charge on any atom is -0.394 e. The number of nitrogens with two attached hydrogens (primary N) is 1. The Hall–Kier alpha value is -3.19. The molecule has 1 saturated heterocycles. The summed E-state index contributed by atoms with van der Waals surface area (Å²) >= 11 is 0. The second-order valence-electron chi connectivity index (χ2n) is 6.65. The number of aliphatic hydroxyl groups excluding tert-OH is 2. The van der Waals surface area contributed by atoms with Crippen LogP contribution in [0.2, 0.25) is 0 Å². The van der Waals surface area contributed by atoms with Crippen molar-refractivity contribution in [2.75, 3.05) is 12.3 Å². The number of hydrogen-bond acceptors (Lipinski definition) is 10. The molecule has 4 rings (SSSR count). The molecule has 0 bridgehead atoms. The molecule has 5 N–H and O–H groups in total. The van der Waals surface area contributed by atoms with Crippen LogP contribution in [0.5, 0.6) is 0 Å². The fraction of sp³-hybridized carbons (Fsp3) is 0.353. The Labute approximate surface area is 164 Å². The van der Waals surface area contributed by atoms with Gasteiger partial charge < -0.3 is 26.0 Å². The standard InChI is InChI=1S/C17H19N7O5/c18-15-13-16(21-7-20-15)23(8-22-13)17-14(26)12(11(6-25)29-17)19-5-9-1-3-10(4-2-9)24(27)28/h1-4,7-8,11-12,14,17,19,25-26H,5-6H2,(H2,18,20,21)/t11-,12-,14-,17-/m1/s1. The second-order valence-corrected chi connectivity index (χ2v) is 6.65. The summed E-state index contributed by atoms with van der Waals surface area (Å²) in [6.45, 7) is 0.0152. The summed E-state index contributed by atoms with van der Waals surface area (Å²) in [5.74, 6) is 0.216. The van der Waals surface area contributed by atoms with Gasteiger partial charge in [-0.3, -0.25) is 14.7 Å². The van der Waals surface area contributed by atoms with Gasteiger partial charge in [-0.15, -0.1) is 0 Å². The van der Waals surface area contributed by atoms with Crippen molar-refractivity contribution in [1.29, 1.82) is 0 Å². The molecule has 3 heterocycles. The van der Waals surface area contributed by atoms with Crippen LogP contribution in [0, 0.1) is 10.1 Å². The summed E-state index contributed by atoms with van der Waals surface area (Å²) in [6, 6.07) is 5.49. The van der Waals surface area contributed by atoms with Crippen LogP contribution in [0.4, 0.5) is 11.5 Å². The fourth-order valence-corrected chi connectivity index (χ4v) is 3.41. The van der Waals surface area contributed by atoms with Crippen LogP contribution >= 0.6 is 0 Å². The van der Waals surface area contributed by atoms with Crippen LogP contribution in [0.15, 0.2) is 36.9 Å². The summed E-state index contributed by atoms with van der Waals surface area (Å²) < 4.78 is 7.39. The minimum atomic E-state index is -1.02. The lowest BCUT2D eigenvalue weighted by Gasteiger charge is -2.21. The van der Waals surface area contributed by atoms with E-state index in [-0.39, 0.29) is 18.1 Å². The number of aromatic nitrogens is 4. The topological polar surface area (TPSA) is 174 Å². The molecule has 1 aliphatic rings. The first kappa shape index (κ1) is 19.1. The van der Waals surface area contributed by atoms with Crippen LogP contribution in [0.25, 0.3) is 11.2 Å². The van der Waals surface area contributed by atoms with Gasteiger partial charge in [0, 0.05) is 18.7 Å². The Balaban J connectivity index is 1.52. The third-order valence-electron chi connectivity index (χ3n) is 4.91. The van der Waals surface area contributed by atoms with Crippen LogP contribution in [-0.4, -0.2) is 59.5 Å². The average Bonchev–Trinajstić information content (AvgIpc) is 3.28. The van der Waals surface area contributed by atoms with Gasteiger partial charge in [-0.1, -0.05) is 12.1 Å². The van der Waals surface area contributed by atoms with E-state index in [9.17, 15) is 20.3 Å². The van der Waals surface area contributed by atoms with E-state index < -0.39 is 29.4 Å². The quantitative estimate of drug-likeness (QED) is 0.318. The molecule has 29 heavy (non-hydrogen) atoms. The lowest BCUT2D eigenvalue weighted by atomic mass is 10.1. The molecular formula is C17H19N7O5. The summed E-state index contributed by atoms with van der Waals surface area (Å²) in [5.41, 5.74) is 7.39. The van der Waals surface area contributed by atoms with Crippen molar-refractivity contribution >= 4 is 22.7 Å². The summed E-state index contributed by atoms with van der Waals surface area (Å²) in [5, 5.41) is 34.4. The van der Waals surface area contributed by atoms with Crippen LogP contribution in [0.1, 0.15) is 11.8 Å². The molecule has 3 aromatic rings. The largest absolute Gasteiger partial charge is 0.394 e. The zero-order valence-electron chi connectivity index (χ0n) is 15.1. The van der Waals surface area contributed by atoms with Gasteiger partial charge in [-0.25, -0.2) is 15.0 Å². The number of nitro benzene ring substituents is 1. The first-order chi connectivity index (χ1) is 14.0. The van der Waals surface area contributed by atoms with E-state index in [1.807, 2.05) is 0 Å². The number of aliphatic hydroxyl groups is 2. The maximum Gasteiger partial charge on any atom is 0.269 e. The fourth-order valence-electron chi connectivity index (χ4n) is 3.41. The number of ether oxygens (including phenoxy) is 1. The van der Waals surface area contributed by atoms with E-state index in [2.05, 4.69) is 20.3 Å². The van der Waals surface area contributed by atoms with Crippen LogP contribution in [-0.2, 0) is 11.3 Å². The zero-order chi connectivity index (χ0) is 20.5. The van der Waals surface area contributed by atoms with E-state index in [1.165, 1.54) is 24.8 Å². The summed E-state index contributed by atoms with van der Waals surface area (Å²) in [6.07, 6.45) is 0.228. The van der Waals surface area contributed by atoms with Gasteiger partial charge in [0.05, 0.1) is 23.9 Å². The van der Waals surface area contributed by atoms with Gasteiger partial charge in [0.1, 0.15) is 24.1 Å². The summed E-state index contributed by atoms with van der Waals surface area (Å²) in [4.78, 5) is 22.5. The Morgan fingerprint density at radius 2 is 2.03 bits per heavy atom. The number of fused-ring (bicyclic) bond motifs is 1. The van der Waals surface area contributed by atoms with Crippen molar-refractivity contribution in [2.45, 2.75) is 31.0 Å². The van der Waals surface area contributed by atoms with Gasteiger partial charge in [0.2, 0.25) is 0 Å². The van der Waals surface area contributed by atoms with E-state index in [1.54, 1.807) is 16.7 Å². The molecule has 0 unspecified atom stereocenters. The van der Waals surface area contributed by atoms with Crippen molar-refractivity contribution in [3.63, 3.8) is 0 Å². The molecule has 12 heteroatoms. The van der Waals surface area contributed by atoms with E-state index >= 15 is 0 Å². The lowest BCUT2D eigenvalue weighted by Crippen LogP contribution is -2.45. The van der Waals surface area contributed by atoms with Gasteiger partial charge >= 0.3 is 0 Å². The third-order valence-corrected chi connectivity index (χ3v) is 4.91. The van der Waals surface area contributed by atoms with Crippen molar-refractivity contribution in [3.8, 4) is 0 Å². The Bertz CT molecular complexity index is 1020. The van der Waals surface area contributed by atoms with Crippen molar-refractivity contribution < 1.29 is 19.9 Å². The number of nitro groups is 1. The molecule has 0 amide bonds. The molecule has 1 fully saturated rings. The predicted octanol–water partition coefficient (Wildman–Crippen LogP) is -0.274. The Morgan fingerprint density at radius 3 is 2.72 bits per heavy atom. The highest BCUT2D eigenvalue weighted by atomic mass is 16.6. The number of nitrogen functional groups attached to an aromatic ring is 1. The maximum atomic E-state index is 10.8. The van der Waals surface area contributed by atoms with E-state index in [0.717, 1.165) is 5.56 Å². The molecule has 12 nitrogen and oxygen atoms in total. The SMILES string of the molecule is Nc1ncnc2c1ncn2[C@@H]1O[C@H](CO)[C@@H](NCc2ccc([N+](=O)[O-])cc2)[C@H]1O. The first-order valence-electron chi connectivity index (χ1n) is 8.83. The number of rotatable bonds is 6. The molecule has 1 aromatic carbocycles. The molecule has 0 spiro atoms. The van der Waals surface area contributed by atoms with Gasteiger partial charge in [0.25, 0.3) is 5.69 Å². The smallest absolute Gasteiger partial charge is 0.269 e. The zero-order valence-corrected chi connectivity index (χ0v) is 15.1. The first-order valence-corrected chi connectivity index (χ1v) is 8.83. The van der Waals surface area contributed by atoms with E-state index in [4.69, 9.17) is 10.5 Å². The molecule has 152 valence electrons. The Morgan fingerprint density at radius 1 is 1.28 bits per heavy atom. The van der Waals surface area contributed by atoms with Gasteiger partial charge in [-0.2, -0.15) is 0 Å². The molecule has 0 radical (unpaired) electrons. The highest BCUT2D eigenvalue weighted by Gasteiger charge is 2.44. The predicted molar refractivity (Wildman–Crippen MR) is 100 cm³/mol. The monoisotopic (exact) mass is 401 g/mol. The molecule has 4 atom stereocenters. The van der Waals surface area contributed by atoms with Crippen LogP contribution in [0.3, 0.4) is 0 Å². The average molecular weight is 401 g/mol. The van der Waals surface area contributed by atoms with Crippen molar-refractivity contribution in [2.24, 2.45) is 0 Å². The van der Waals surface area contributed by atoms with Gasteiger partial charge in [0.15, 0.2) is 17.7 Å². The number of anilines is 1. The number of nitrogens with one attached hydrogen (secondary N) is 1. The highest BCUT2D eigenvalue weighted by molar-refractivity contribution is 5.81. The number of imidazole rings is 1. The number of non-ortho nitro benzene ring substituents is 1. The number of hydrogen-bond donors (Lipinski definition) is 4. The van der Waals surface area contributed by atoms with E-state index in [0.29, 0.717) is 17.7 Å². The normalized spacial score (nSPS) is 24.2.